The van der Waals surface area contributed by atoms with E-state index in [1.54, 1.807) is 19.6 Å². The van der Waals surface area contributed by atoms with Crippen LogP contribution < -0.4 is 10.5 Å². The summed E-state index contributed by atoms with van der Waals surface area (Å²) in [7, 11) is 1.69. The van der Waals surface area contributed by atoms with Crippen molar-refractivity contribution in [3.05, 3.63) is 48.0 Å². The van der Waals surface area contributed by atoms with Gasteiger partial charge in [-0.05, 0) is 24.6 Å². The highest BCUT2D eigenvalue weighted by Crippen LogP contribution is 2.21. The van der Waals surface area contributed by atoms with Crippen molar-refractivity contribution < 1.29 is 4.74 Å². The molecular formula is C13H18ClN3O. The third-order valence-electron chi connectivity index (χ3n) is 2.69. The fourth-order valence-electron chi connectivity index (χ4n) is 1.85. The average molecular weight is 268 g/mol. The molecule has 5 heteroatoms. The normalized spacial score (nSPS) is 9.89. The molecule has 0 amide bonds. The monoisotopic (exact) mass is 267 g/mol. The van der Waals surface area contributed by atoms with E-state index in [2.05, 4.69) is 17.1 Å². The summed E-state index contributed by atoms with van der Waals surface area (Å²) >= 11 is 0. The van der Waals surface area contributed by atoms with Crippen molar-refractivity contribution in [2.75, 3.05) is 13.7 Å². The van der Waals surface area contributed by atoms with Crippen LogP contribution in [0.1, 0.15) is 11.1 Å². The largest absolute Gasteiger partial charge is 0.496 e. The summed E-state index contributed by atoms with van der Waals surface area (Å²) in [5.41, 5.74) is 7.96. The fraction of sp³-hybridized carbons (Fsp3) is 0.308. The van der Waals surface area contributed by atoms with E-state index in [1.165, 1.54) is 5.56 Å². The van der Waals surface area contributed by atoms with Gasteiger partial charge in [-0.25, -0.2) is 4.98 Å². The van der Waals surface area contributed by atoms with E-state index in [1.807, 2.05) is 16.8 Å². The summed E-state index contributed by atoms with van der Waals surface area (Å²) in [6, 6.07) is 6.20. The number of ether oxygens (including phenoxy) is 1. The molecule has 98 valence electrons. The topological polar surface area (TPSA) is 53.1 Å². The van der Waals surface area contributed by atoms with Gasteiger partial charge in [-0.15, -0.1) is 12.4 Å². The third kappa shape index (κ3) is 3.48. The molecule has 4 nitrogen and oxygen atoms in total. The summed E-state index contributed by atoms with van der Waals surface area (Å²) in [5.74, 6) is 0.902. The Hall–Kier alpha value is -1.52. The highest BCUT2D eigenvalue weighted by Gasteiger charge is 2.05. The lowest BCUT2D eigenvalue weighted by Crippen LogP contribution is -2.05. The van der Waals surface area contributed by atoms with Crippen LogP contribution in [-0.4, -0.2) is 23.2 Å². The number of rotatable bonds is 5. The molecule has 0 atom stereocenters. The van der Waals surface area contributed by atoms with Crippen molar-refractivity contribution in [1.82, 2.24) is 9.55 Å². The SMILES string of the molecule is COc1ccc(CCN)cc1Cn1ccnc1.Cl. The Morgan fingerprint density at radius 1 is 1.39 bits per heavy atom. The Labute approximate surface area is 113 Å². The van der Waals surface area contributed by atoms with Crippen LogP contribution in [0.4, 0.5) is 0 Å². The first-order valence-electron chi connectivity index (χ1n) is 5.65. The zero-order chi connectivity index (χ0) is 12.1. The number of imidazole rings is 1. The van der Waals surface area contributed by atoms with E-state index in [0.717, 1.165) is 24.3 Å². The number of nitrogens with zero attached hydrogens (tertiary/aromatic N) is 2. The lowest BCUT2D eigenvalue weighted by Gasteiger charge is -2.11. The first kappa shape index (κ1) is 14.5. The Morgan fingerprint density at radius 3 is 2.83 bits per heavy atom. The van der Waals surface area contributed by atoms with Crippen LogP contribution >= 0.6 is 12.4 Å². The zero-order valence-corrected chi connectivity index (χ0v) is 11.2. The van der Waals surface area contributed by atoms with Crippen LogP contribution in [0.5, 0.6) is 5.75 Å². The molecule has 0 aliphatic heterocycles. The van der Waals surface area contributed by atoms with Crippen molar-refractivity contribution in [2.45, 2.75) is 13.0 Å². The number of benzene rings is 1. The molecule has 1 aromatic carbocycles. The van der Waals surface area contributed by atoms with Crippen LogP contribution in [0.2, 0.25) is 0 Å². The molecule has 0 aliphatic carbocycles. The number of methoxy groups -OCH3 is 1. The Kier molecular flexibility index (Phi) is 5.68. The summed E-state index contributed by atoms with van der Waals surface area (Å²) in [6.07, 6.45) is 6.40. The molecule has 0 radical (unpaired) electrons. The molecule has 18 heavy (non-hydrogen) atoms. The lowest BCUT2D eigenvalue weighted by atomic mass is 10.1. The van der Waals surface area contributed by atoms with Gasteiger partial charge >= 0.3 is 0 Å². The predicted molar refractivity (Wildman–Crippen MR) is 74.3 cm³/mol. The third-order valence-corrected chi connectivity index (χ3v) is 2.69. The summed E-state index contributed by atoms with van der Waals surface area (Å²) < 4.78 is 7.38. The standard InChI is InChI=1S/C13H17N3O.ClH/c1-17-13-3-2-11(4-5-14)8-12(13)9-16-7-6-15-10-16;/h2-3,6-8,10H,4-5,9,14H2,1H3;1H. The van der Waals surface area contributed by atoms with Crippen molar-refractivity contribution >= 4 is 12.4 Å². The lowest BCUT2D eigenvalue weighted by molar-refractivity contribution is 0.408. The molecule has 1 aromatic heterocycles. The minimum Gasteiger partial charge on any atom is -0.496 e. The molecule has 0 aliphatic rings. The number of aromatic nitrogens is 2. The second kappa shape index (κ2) is 7.03. The molecule has 2 aromatic rings. The number of nitrogens with two attached hydrogens (primary N) is 1. The fourth-order valence-corrected chi connectivity index (χ4v) is 1.85. The smallest absolute Gasteiger partial charge is 0.123 e. The molecule has 0 saturated heterocycles. The van der Waals surface area contributed by atoms with Gasteiger partial charge < -0.3 is 15.0 Å². The molecule has 0 bridgehead atoms. The summed E-state index contributed by atoms with van der Waals surface area (Å²) in [4.78, 5) is 4.03. The van der Waals surface area contributed by atoms with Crippen LogP contribution in [0.3, 0.4) is 0 Å². The Morgan fingerprint density at radius 2 is 2.22 bits per heavy atom. The van der Waals surface area contributed by atoms with Crippen LogP contribution in [-0.2, 0) is 13.0 Å². The van der Waals surface area contributed by atoms with Gasteiger partial charge in [0.15, 0.2) is 0 Å². The minimum absolute atomic E-state index is 0. The zero-order valence-electron chi connectivity index (χ0n) is 10.4. The van der Waals surface area contributed by atoms with Gasteiger partial charge in [0.05, 0.1) is 20.0 Å². The van der Waals surface area contributed by atoms with E-state index < -0.39 is 0 Å². The maximum absolute atomic E-state index is 5.57. The van der Waals surface area contributed by atoms with E-state index in [0.29, 0.717) is 6.54 Å². The van der Waals surface area contributed by atoms with E-state index in [9.17, 15) is 0 Å². The summed E-state index contributed by atoms with van der Waals surface area (Å²) in [6.45, 7) is 1.43. The molecule has 0 fully saturated rings. The molecule has 2 rings (SSSR count). The Balaban J connectivity index is 0.00000162. The minimum atomic E-state index is 0. The second-order valence-corrected chi connectivity index (χ2v) is 3.92. The van der Waals surface area contributed by atoms with Crippen LogP contribution in [0.15, 0.2) is 36.9 Å². The molecular weight excluding hydrogens is 250 g/mol. The van der Waals surface area contributed by atoms with Crippen molar-refractivity contribution in [3.63, 3.8) is 0 Å². The first-order chi connectivity index (χ1) is 8.33. The van der Waals surface area contributed by atoms with E-state index >= 15 is 0 Å². The van der Waals surface area contributed by atoms with E-state index in [4.69, 9.17) is 10.5 Å². The van der Waals surface area contributed by atoms with Crippen LogP contribution in [0.25, 0.3) is 0 Å². The highest BCUT2D eigenvalue weighted by molar-refractivity contribution is 5.85. The molecule has 0 saturated carbocycles. The molecule has 0 spiro atoms. The summed E-state index contributed by atoms with van der Waals surface area (Å²) in [5, 5.41) is 0. The Bertz CT molecular complexity index is 471. The van der Waals surface area contributed by atoms with Gasteiger partial charge in [0.2, 0.25) is 0 Å². The van der Waals surface area contributed by atoms with Gasteiger partial charge in [-0.3, -0.25) is 0 Å². The first-order valence-corrected chi connectivity index (χ1v) is 5.65. The second-order valence-electron chi connectivity index (χ2n) is 3.92. The van der Waals surface area contributed by atoms with Crippen LogP contribution in [0, 0.1) is 0 Å². The number of hydrogen-bond acceptors (Lipinski definition) is 3. The molecule has 0 unspecified atom stereocenters. The van der Waals surface area contributed by atoms with Gasteiger partial charge in [0.25, 0.3) is 0 Å². The number of hydrogen-bond donors (Lipinski definition) is 1. The maximum atomic E-state index is 5.57. The van der Waals surface area contributed by atoms with Gasteiger partial charge in [-0.2, -0.15) is 0 Å². The van der Waals surface area contributed by atoms with Gasteiger partial charge in [0, 0.05) is 18.0 Å². The van der Waals surface area contributed by atoms with Gasteiger partial charge in [0.1, 0.15) is 5.75 Å². The van der Waals surface area contributed by atoms with Crippen molar-refractivity contribution in [3.8, 4) is 5.75 Å². The quantitative estimate of drug-likeness (QED) is 0.900. The number of halogens is 1. The molecule has 1 heterocycles. The highest BCUT2D eigenvalue weighted by atomic mass is 35.5. The van der Waals surface area contributed by atoms with Crippen molar-refractivity contribution in [2.24, 2.45) is 5.73 Å². The average Bonchev–Trinajstić information content (AvgIpc) is 2.83. The van der Waals surface area contributed by atoms with Crippen molar-refractivity contribution in [1.29, 1.82) is 0 Å². The van der Waals surface area contributed by atoms with Gasteiger partial charge in [-0.1, -0.05) is 12.1 Å². The predicted octanol–water partition coefficient (Wildman–Crippen LogP) is 1.86. The maximum Gasteiger partial charge on any atom is 0.123 e. The van der Waals surface area contributed by atoms with E-state index in [-0.39, 0.29) is 12.4 Å². The molecule has 2 N–H and O–H groups in total.